The van der Waals surface area contributed by atoms with Gasteiger partial charge in [-0.15, -0.1) is 0 Å². The molecular formula is C17H24F3N3O2. The number of alkyl halides is 3. The van der Waals surface area contributed by atoms with E-state index in [4.69, 9.17) is 4.74 Å². The van der Waals surface area contributed by atoms with Crippen molar-refractivity contribution in [1.82, 2.24) is 9.80 Å². The molecule has 1 aliphatic heterocycles. The van der Waals surface area contributed by atoms with Crippen molar-refractivity contribution in [3.8, 4) is 0 Å². The van der Waals surface area contributed by atoms with E-state index in [2.05, 4.69) is 10.2 Å². The molecule has 0 spiro atoms. The summed E-state index contributed by atoms with van der Waals surface area (Å²) in [6.45, 7) is 1.20. The maximum Gasteiger partial charge on any atom is 0.416 e. The molecule has 1 amide bonds. The summed E-state index contributed by atoms with van der Waals surface area (Å²) in [5, 5.41) is 2.78. The van der Waals surface area contributed by atoms with Crippen molar-refractivity contribution in [2.24, 2.45) is 0 Å². The molecular weight excluding hydrogens is 335 g/mol. The lowest BCUT2D eigenvalue weighted by Crippen LogP contribution is -2.39. The number of likely N-dealkylation sites (N-methyl/N-ethyl adjacent to an activating group) is 2. The van der Waals surface area contributed by atoms with E-state index in [-0.39, 0.29) is 17.7 Å². The van der Waals surface area contributed by atoms with E-state index >= 15 is 0 Å². The second-order valence-electron chi connectivity index (χ2n) is 6.38. The van der Waals surface area contributed by atoms with Crippen molar-refractivity contribution in [3.05, 3.63) is 29.3 Å². The minimum atomic E-state index is -4.49. The minimum Gasteiger partial charge on any atom is -0.387 e. The Morgan fingerprint density at radius 1 is 1.44 bits per heavy atom. The SMILES string of the molecule is CNc1ccc(C(F)(F)F)cc1C(=O)N(C)C[C@@H]1C[C@H](OC)CN1C. The highest BCUT2D eigenvalue weighted by molar-refractivity contribution is 5.99. The number of amides is 1. The molecule has 0 bridgehead atoms. The molecule has 5 nitrogen and oxygen atoms in total. The molecule has 0 unspecified atom stereocenters. The summed E-state index contributed by atoms with van der Waals surface area (Å²) in [5.74, 6) is -0.440. The summed E-state index contributed by atoms with van der Waals surface area (Å²) in [6, 6.07) is 3.27. The maximum atomic E-state index is 13.0. The number of benzene rings is 1. The van der Waals surface area contributed by atoms with E-state index in [0.717, 1.165) is 25.1 Å². The van der Waals surface area contributed by atoms with Gasteiger partial charge in [0.1, 0.15) is 0 Å². The number of methoxy groups -OCH3 is 1. The van der Waals surface area contributed by atoms with Crippen LogP contribution in [0.15, 0.2) is 18.2 Å². The number of nitrogens with zero attached hydrogens (tertiary/aromatic N) is 2. The van der Waals surface area contributed by atoms with Crippen LogP contribution in [0.2, 0.25) is 0 Å². The third-order valence-electron chi connectivity index (χ3n) is 4.66. The largest absolute Gasteiger partial charge is 0.416 e. The van der Waals surface area contributed by atoms with Gasteiger partial charge in [0.15, 0.2) is 0 Å². The predicted molar refractivity (Wildman–Crippen MR) is 89.8 cm³/mol. The van der Waals surface area contributed by atoms with Gasteiger partial charge in [0, 0.05) is 46.0 Å². The van der Waals surface area contributed by atoms with Crippen molar-refractivity contribution >= 4 is 11.6 Å². The summed E-state index contributed by atoms with van der Waals surface area (Å²) < 4.78 is 44.2. The van der Waals surface area contributed by atoms with Crippen molar-refractivity contribution in [2.45, 2.75) is 24.7 Å². The zero-order chi connectivity index (χ0) is 18.8. The van der Waals surface area contributed by atoms with Crippen molar-refractivity contribution < 1.29 is 22.7 Å². The first-order chi connectivity index (χ1) is 11.7. The molecule has 0 aliphatic carbocycles. The Balaban J connectivity index is 2.18. The summed E-state index contributed by atoms with van der Waals surface area (Å²) in [4.78, 5) is 16.3. The summed E-state index contributed by atoms with van der Waals surface area (Å²) in [6.07, 6.45) is -3.59. The fourth-order valence-corrected chi connectivity index (χ4v) is 3.13. The van der Waals surface area contributed by atoms with Gasteiger partial charge in [0.2, 0.25) is 0 Å². The number of rotatable bonds is 5. The summed E-state index contributed by atoms with van der Waals surface area (Å²) in [7, 11) is 6.78. The zero-order valence-corrected chi connectivity index (χ0v) is 14.9. The number of anilines is 1. The van der Waals surface area contributed by atoms with Crippen LogP contribution in [0.1, 0.15) is 22.3 Å². The van der Waals surface area contributed by atoms with Crippen LogP contribution >= 0.6 is 0 Å². The van der Waals surface area contributed by atoms with Gasteiger partial charge in [-0.3, -0.25) is 9.69 Å². The molecule has 0 radical (unpaired) electrons. The van der Waals surface area contributed by atoms with Gasteiger partial charge in [-0.25, -0.2) is 0 Å². The second-order valence-corrected chi connectivity index (χ2v) is 6.38. The number of ether oxygens (including phenoxy) is 1. The maximum absolute atomic E-state index is 13.0. The topological polar surface area (TPSA) is 44.8 Å². The number of halogens is 3. The fourth-order valence-electron chi connectivity index (χ4n) is 3.13. The number of nitrogens with one attached hydrogen (secondary N) is 1. The molecule has 0 saturated carbocycles. The van der Waals surface area contributed by atoms with Crippen LogP contribution in [0.25, 0.3) is 0 Å². The van der Waals surface area contributed by atoms with E-state index < -0.39 is 17.6 Å². The van der Waals surface area contributed by atoms with E-state index in [9.17, 15) is 18.0 Å². The smallest absolute Gasteiger partial charge is 0.387 e. The van der Waals surface area contributed by atoms with Crippen LogP contribution in [-0.4, -0.2) is 69.2 Å². The molecule has 8 heteroatoms. The Morgan fingerprint density at radius 3 is 2.64 bits per heavy atom. The average molecular weight is 359 g/mol. The molecule has 0 aromatic heterocycles. The third kappa shape index (κ3) is 4.43. The van der Waals surface area contributed by atoms with E-state index in [1.54, 1.807) is 21.2 Å². The van der Waals surface area contributed by atoms with Crippen molar-refractivity contribution in [1.29, 1.82) is 0 Å². The van der Waals surface area contributed by atoms with Crippen LogP contribution in [0, 0.1) is 0 Å². The quantitative estimate of drug-likeness (QED) is 0.878. The molecule has 1 aromatic rings. The van der Waals surface area contributed by atoms with Crippen molar-refractivity contribution in [3.63, 3.8) is 0 Å². The predicted octanol–water partition coefficient (Wildman–Crippen LogP) is 2.54. The summed E-state index contributed by atoms with van der Waals surface area (Å²) in [5.41, 5.74) is -0.441. The standard InChI is InChI=1S/C17H24F3N3O2/c1-21-15-6-5-11(17(18,19)20)7-14(15)16(24)23(3)9-12-8-13(25-4)10-22(12)2/h5-7,12-13,21H,8-10H2,1-4H3/t12-,13-/m0/s1. The van der Waals surface area contributed by atoms with Crippen LogP contribution < -0.4 is 5.32 Å². The highest BCUT2D eigenvalue weighted by Crippen LogP contribution is 2.32. The van der Waals surface area contributed by atoms with Gasteiger partial charge in [0.25, 0.3) is 5.91 Å². The molecule has 140 valence electrons. The van der Waals surface area contributed by atoms with Crippen LogP contribution in [0.3, 0.4) is 0 Å². The molecule has 25 heavy (non-hydrogen) atoms. The van der Waals surface area contributed by atoms with Gasteiger partial charge in [-0.2, -0.15) is 13.2 Å². The van der Waals surface area contributed by atoms with Crippen molar-refractivity contribution in [2.75, 3.05) is 46.7 Å². The number of carbonyl (C=O) groups is 1. The highest BCUT2D eigenvalue weighted by atomic mass is 19.4. The van der Waals surface area contributed by atoms with E-state index in [1.807, 2.05) is 7.05 Å². The molecule has 1 saturated heterocycles. The first kappa shape index (κ1) is 19.5. The lowest BCUT2D eigenvalue weighted by molar-refractivity contribution is -0.137. The number of hydrogen-bond acceptors (Lipinski definition) is 4. The Bertz CT molecular complexity index is 622. The average Bonchev–Trinajstić information content (AvgIpc) is 2.92. The van der Waals surface area contributed by atoms with Gasteiger partial charge in [-0.1, -0.05) is 0 Å². The third-order valence-corrected chi connectivity index (χ3v) is 4.66. The molecule has 1 aromatic carbocycles. The number of hydrogen-bond donors (Lipinski definition) is 1. The Kier molecular flexibility index (Phi) is 5.95. The van der Waals surface area contributed by atoms with E-state index in [1.165, 1.54) is 11.0 Å². The van der Waals surface area contributed by atoms with Gasteiger partial charge < -0.3 is 15.0 Å². The first-order valence-electron chi connectivity index (χ1n) is 8.04. The Labute approximate surface area is 145 Å². The summed E-state index contributed by atoms with van der Waals surface area (Å²) >= 11 is 0. The number of likely N-dealkylation sites (tertiary alicyclic amines) is 1. The molecule has 2 atom stereocenters. The molecule has 2 rings (SSSR count). The number of carbonyl (C=O) groups excluding carboxylic acids is 1. The van der Waals surface area contributed by atoms with Crippen LogP contribution in [0.5, 0.6) is 0 Å². The molecule has 1 fully saturated rings. The molecule has 1 N–H and O–H groups in total. The van der Waals surface area contributed by atoms with Crippen LogP contribution in [0.4, 0.5) is 18.9 Å². The Morgan fingerprint density at radius 2 is 2.12 bits per heavy atom. The zero-order valence-electron chi connectivity index (χ0n) is 14.9. The minimum absolute atomic E-state index is 0.0174. The second kappa shape index (κ2) is 7.61. The van der Waals surface area contributed by atoms with Crippen LogP contribution in [-0.2, 0) is 10.9 Å². The highest BCUT2D eigenvalue weighted by Gasteiger charge is 2.34. The van der Waals surface area contributed by atoms with Gasteiger partial charge >= 0.3 is 6.18 Å². The first-order valence-corrected chi connectivity index (χ1v) is 8.04. The monoisotopic (exact) mass is 359 g/mol. The van der Waals surface area contributed by atoms with E-state index in [0.29, 0.717) is 12.2 Å². The lowest BCUT2D eigenvalue weighted by atomic mass is 10.1. The Hall–Kier alpha value is -1.80. The fraction of sp³-hybridized carbons (Fsp3) is 0.588. The van der Waals surface area contributed by atoms with Gasteiger partial charge in [0.05, 0.1) is 17.2 Å². The normalized spacial score (nSPS) is 21.4. The lowest BCUT2D eigenvalue weighted by Gasteiger charge is -2.26. The van der Waals surface area contributed by atoms with Gasteiger partial charge in [-0.05, 0) is 31.7 Å². The molecule has 1 heterocycles. The molecule has 1 aliphatic rings.